The molecule has 1 heterocycles. The topological polar surface area (TPSA) is 79.9 Å². The first-order valence-electron chi connectivity index (χ1n) is 10.1. The second kappa shape index (κ2) is 9.63. The number of benzene rings is 2. The Hall–Kier alpha value is -3.06. The highest BCUT2D eigenvalue weighted by Gasteiger charge is 2.32. The summed E-state index contributed by atoms with van der Waals surface area (Å²) in [7, 11) is 0. The van der Waals surface area contributed by atoms with Crippen LogP contribution >= 0.6 is 0 Å². The molecule has 7 nitrogen and oxygen atoms in total. The molecule has 2 amide bonds. The summed E-state index contributed by atoms with van der Waals surface area (Å²) in [4.78, 5) is 27.1. The minimum atomic E-state index is -0.749. The molecule has 160 valence electrons. The summed E-state index contributed by atoms with van der Waals surface area (Å²) in [6.45, 7) is 6.84. The van der Waals surface area contributed by atoms with Crippen molar-refractivity contribution >= 4 is 23.4 Å². The molecule has 30 heavy (non-hydrogen) atoms. The van der Waals surface area contributed by atoms with E-state index in [2.05, 4.69) is 10.6 Å². The van der Waals surface area contributed by atoms with Crippen molar-refractivity contribution in [3.63, 3.8) is 0 Å². The van der Waals surface area contributed by atoms with Crippen LogP contribution < -0.4 is 15.5 Å². The van der Waals surface area contributed by atoms with Gasteiger partial charge in [0, 0.05) is 13.1 Å². The Kier molecular flexibility index (Phi) is 6.95. The fourth-order valence-electron chi connectivity index (χ4n) is 3.18. The molecule has 0 saturated carbocycles. The van der Waals surface area contributed by atoms with Gasteiger partial charge in [0.15, 0.2) is 0 Å². The van der Waals surface area contributed by atoms with Gasteiger partial charge in [0.1, 0.15) is 11.6 Å². The summed E-state index contributed by atoms with van der Waals surface area (Å²) in [5.41, 5.74) is 2.03. The van der Waals surface area contributed by atoms with E-state index in [0.717, 1.165) is 16.9 Å². The van der Waals surface area contributed by atoms with Crippen molar-refractivity contribution < 1.29 is 19.1 Å². The van der Waals surface area contributed by atoms with Gasteiger partial charge in [-0.25, -0.2) is 4.79 Å². The molecule has 3 rings (SSSR count). The third-order valence-corrected chi connectivity index (χ3v) is 4.52. The van der Waals surface area contributed by atoms with Gasteiger partial charge in [-0.3, -0.25) is 4.79 Å². The largest absolute Gasteiger partial charge is 0.444 e. The van der Waals surface area contributed by atoms with Crippen molar-refractivity contribution in [2.75, 3.05) is 29.9 Å². The van der Waals surface area contributed by atoms with Crippen LogP contribution in [0, 0.1) is 0 Å². The monoisotopic (exact) mass is 411 g/mol. The minimum absolute atomic E-state index is 0.207. The van der Waals surface area contributed by atoms with Crippen molar-refractivity contribution in [1.82, 2.24) is 5.32 Å². The predicted molar refractivity (Wildman–Crippen MR) is 117 cm³/mol. The number of rotatable bonds is 6. The van der Waals surface area contributed by atoms with Crippen molar-refractivity contribution in [3.05, 3.63) is 60.2 Å². The van der Waals surface area contributed by atoms with Crippen LogP contribution in [-0.2, 0) is 20.9 Å². The van der Waals surface area contributed by atoms with Crippen LogP contribution in [0.4, 0.5) is 16.2 Å². The van der Waals surface area contributed by atoms with Gasteiger partial charge in [0.05, 0.1) is 24.6 Å². The molecule has 1 atom stereocenters. The van der Waals surface area contributed by atoms with E-state index in [1.807, 2.05) is 54.6 Å². The zero-order valence-electron chi connectivity index (χ0n) is 17.7. The van der Waals surface area contributed by atoms with E-state index in [4.69, 9.17) is 9.47 Å². The summed E-state index contributed by atoms with van der Waals surface area (Å²) in [5, 5.41) is 5.94. The van der Waals surface area contributed by atoms with E-state index in [1.165, 1.54) is 0 Å². The minimum Gasteiger partial charge on any atom is -0.444 e. The fourth-order valence-corrected chi connectivity index (χ4v) is 3.18. The van der Waals surface area contributed by atoms with E-state index < -0.39 is 17.7 Å². The molecule has 0 radical (unpaired) electrons. The summed E-state index contributed by atoms with van der Waals surface area (Å²) >= 11 is 0. The van der Waals surface area contributed by atoms with Crippen molar-refractivity contribution in [1.29, 1.82) is 0 Å². The quantitative estimate of drug-likeness (QED) is 0.711. The third kappa shape index (κ3) is 5.97. The van der Waals surface area contributed by atoms with E-state index >= 15 is 0 Å². The Morgan fingerprint density at radius 2 is 1.83 bits per heavy atom. The lowest BCUT2D eigenvalue weighted by Gasteiger charge is -2.26. The normalized spacial score (nSPS) is 16.3. The standard InChI is InChI=1S/C23H29N3O4/c1-23(2,3)30-22(28)25-19-15-24-18-11-7-8-12-20(18)26(21(19)27)13-14-29-16-17-9-5-4-6-10-17/h4-12,19,24H,13-16H2,1-3H3,(H,25,28)/t19-/m0/s1. The number of para-hydroxylation sites is 2. The van der Waals surface area contributed by atoms with E-state index in [0.29, 0.717) is 19.8 Å². The van der Waals surface area contributed by atoms with Crippen LogP contribution in [0.25, 0.3) is 0 Å². The molecule has 1 aliphatic rings. The lowest BCUT2D eigenvalue weighted by molar-refractivity contribution is -0.120. The number of anilines is 2. The maximum absolute atomic E-state index is 13.2. The second-order valence-electron chi connectivity index (χ2n) is 8.12. The molecule has 2 N–H and O–H groups in total. The SMILES string of the molecule is CC(C)(C)OC(=O)N[C@H]1CNc2ccccc2N(CCOCc2ccccc2)C1=O. The highest BCUT2D eigenvalue weighted by Crippen LogP contribution is 2.28. The number of nitrogens with zero attached hydrogens (tertiary/aromatic N) is 1. The maximum Gasteiger partial charge on any atom is 0.408 e. The van der Waals surface area contributed by atoms with E-state index in [-0.39, 0.29) is 12.5 Å². The summed E-state index contributed by atoms with van der Waals surface area (Å²) in [6.07, 6.45) is -0.617. The smallest absolute Gasteiger partial charge is 0.408 e. The van der Waals surface area contributed by atoms with Gasteiger partial charge in [-0.15, -0.1) is 0 Å². The zero-order valence-corrected chi connectivity index (χ0v) is 17.7. The molecule has 1 aliphatic heterocycles. The number of hydrogen-bond donors (Lipinski definition) is 2. The molecule has 0 aliphatic carbocycles. The first kappa shape index (κ1) is 21.6. The van der Waals surface area contributed by atoms with Gasteiger partial charge in [-0.05, 0) is 38.5 Å². The average Bonchev–Trinajstić information content (AvgIpc) is 2.82. The van der Waals surface area contributed by atoms with Crippen LogP contribution in [-0.4, -0.2) is 43.3 Å². The Morgan fingerprint density at radius 1 is 1.13 bits per heavy atom. The number of carbonyl (C=O) groups is 2. The number of ether oxygens (including phenoxy) is 2. The molecule has 0 saturated heterocycles. The molecular formula is C23H29N3O4. The summed E-state index contributed by atoms with van der Waals surface area (Å²) < 4.78 is 11.1. The maximum atomic E-state index is 13.2. The Morgan fingerprint density at radius 3 is 2.57 bits per heavy atom. The van der Waals surface area contributed by atoms with E-state index in [9.17, 15) is 9.59 Å². The first-order chi connectivity index (χ1) is 14.3. The first-order valence-corrected chi connectivity index (χ1v) is 10.1. The number of alkyl carbamates (subject to hydrolysis) is 1. The van der Waals surface area contributed by atoms with Crippen molar-refractivity contribution in [2.45, 2.75) is 39.0 Å². The highest BCUT2D eigenvalue weighted by atomic mass is 16.6. The number of amides is 2. The molecule has 7 heteroatoms. The van der Waals surface area contributed by atoms with Gasteiger partial charge in [-0.1, -0.05) is 42.5 Å². The van der Waals surface area contributed by atoms with Gasteiger partial charge in [-0.2, -0.15) is 0 Å². The van der Waals surface area contributed by atoms with Gasteiger partial charge in [0.2, 0.25) is 0 Å². The van der Waals surface area contributed by atoms with Gasteiger partial charge >= 0.3 is 6.09 Å². The van der Waals surface area contributed by atoms with Crippen LogP contribution in [0.1, 0.15) is 26.3 Å². The molecular weight excluding hydrogens is 382 g/mol. The summed E-state index contributed by atoms with van der Waals surface area (Å²) in [5.74, 6) is -0.207. The number of carbonyl (C=O) groups excluding carboxylic acids is 2. The van der Waals surface area contributed by atoms with Crippen LogP contribution in [0.15, 0.2) is 54.6 Å². The number of fused-ring (bicyclic) bond motifs is 1. The van der Waals surface area contributed by atoms with E-state index in [1.54, 1.807) is 25.7 Å². The zero-order chi connectivity index (χ0) is 21.6. The second-order valence-corrected chi connectivity index (χ2v) is 8.12. The Balaban J connectivity index is 1.67. The molecule has 0 unspecified atom stereocenters. The lowest BCUT2D eigenvalue weighted by atomic mass is 10.2. The molecule has 2 aromatic carbocycles. The Bertz CT molecular complexity index is 864. The Labute approximate surface area is 177 Å². The molecule has 0 bridgehead atoms. The molecule has 0 aromatic heterocycles. The molecule has 0 spiro atoms. The predicted octanol–water partition coefficient (Wildman–Crippen LogP) is 3.56. The average molecular weight is 412 g/mol. The lowest BCUT2D eigenvalue weighted by Crippen LogP contribution is -2.52. The number of nitrogens with one attached hydrogen (secondary N) is 2. The highest BCUT2D eigenvalue weighted by molar-refractivity contribution is 6.02. The summed E-state index contributed by atoms with van der Waals surface area (Å²) in [6, 6.07) is 16.7. The molecule has 2 aromatic rings. The fraction of sp³-hybridized carbons (Fsp3) is 0.391. The number of hydrogen-bond acceptors (Lipinski definition) is 5. The third-order valence-electron chi connectivity index (χ3n) is 4.52. The van der Waals surface area contributed by atoms with Gasteiger partial charge < -0.3 is 25.0 Å². The van der Waals surface area contributed by atoms with Crippen molar-refractivity contribution in [2.24, 2.45) is 0 Å². The van der Waals surface area contributed by atoms with Crippen LogP contribution in [0.3, 0.4) is 0 Å². The van der Waals surface area contributed by atoms with Gasteiger partial charge in [0.25, 0.3) is 5.91 Å². The van der Waals surface area contributed by atoms with Crippen LogP contribution in [0.5, 0.6) is 0 Å². The van der Waals surface area contributed by atoms with Crippen LogP contribution in [0.2, 0.25) is 0 Å². The molecule has 0 fully saturated rings. The van der Waals surface area contributed by atoms with Crippen molar-refractivity contribution in [3.8, 4) is 0 Å².